The predicted molar refractivity (Wildman–Crippen MR) is 46.1 cm³/mol. The summed E-state index contributed by atoms with van der Waals surface area (Å²) in [4.78, 5) is 16.6. The van der Waals surface area contributed by atoms with Crippen LogP contribution in [0.3, 0.4) is 0 Å². The maximum atomic E-state index is 10.5. The number of nitrogens with one attached hydrogen (secondary N) is 1. The molecule has 0 aromatic carbocycles. The molecule has 0 atom stereocenters. The van der Waals surface area contributed by atoms with Crippen LogP contribution >= 0.6 is 12.4 Å². The monoisotopic (exact) mass is 174 g/mol. The highest BCUT2D eigenvalue weighted by molar-refractivity contribution is 5.85. The molecule has 0 aliphatic carbocycles. The van der Waals surface area contributed by atoms with Gasteiger partial charge in [0.25, 0.3) is 0 Å². The summed E-state index contributed by atoms with van der Waals surface area (Å²) >= 11 is 0. The smallest absolute Gasteiger partial charge is 0.312 e. The first-order chi connectivity index (χ1) is 4.83. The summed E-state index contributed by atoms with van der Waals surface area (Å²) < 4.78 is 0. The van der Waals surface area contributed by atoms with Gasteiger partial charge < -0.3 is 4.98 Å². The highest BCUT2D eigenvalue weighted by Crippen LogP contribution is 1.94. The van der Waals surface area contributed by atoms with Crippen molar-refractivity contribution < 1.29 is 0 Å². The molecule has 11 heavy (non-hydrogen) atoms. The lowest BCUT2D eigenvalue weighted by Crippen LogP contribution is -2.08. The average Bonchev–Trinajstić information content (AvgIpc) is 1.95. The van der Waals surface area contributed by atoms with Gasteiger partial charge in [0.1, 0.15) is 0 Å². The molecular weight excluding hydrogens is 164 g/mol. The largest absolute Gasteiger partial charge is 0.344 e. The van der Waals surface area contributed by atoms with E-state index in [0.29, 0.717) is 0 Å². The van der Waals surface area contributed by atoms with E-state index in [1.54, 1.807) is 12.4 Å². The van der Waals surface area contributed by atoms with Gasteiger partial charge >= 0.3 is 5.69 Å². The molecule has 1 aromatic heterocycles. The number of hydrogen-bond donors (Lipinski definition) is 1. The van der Waals surface area contributed by atoms with E-state index in [4.69, 9.17) is 0 Å². The summed E-state index contributed by atoms with van der Waals surface area (Å²) in [5, 5.41) is 0. The van der Waals surface area contributed by atoms with Crippen molar-refractivity contribution in [1.29, 1.82) is 0 Å². The number of nitrogens with zero attached hydrogens (tertiary/aromatic N) is 1. The number of aromatic amines is 1. The van der Waals surface area contributed by atoms with E-state index in [1.165, 1.54) is 0 Å². The second kappa shape index (κ2) is 4.91. The standard InChI is InChI=1S/C7H10N2O.ClH/c1-2-3-6-4-8-7(10)9-5-6;/h4-5H,2-3H2,1H3,(H,8,9,10);1H. The van der Waals surface area contributed by atoms with Gasteiger partial charge in [-0.1, -0.05) is 13.3 Å². The Hall–Kier alpha value is -0.830. The maximum Gasteiger partial charge on any atom is 0.344 e. The maximum absolute atomic E-state index is 10.5. The van der Waals surface area contributed by atoms with Crippen molar-refractivity contribution >= 4 is 12.4 Å². The van der Waals surface area contributed by atoms with Crippen LogP contribution in [-0.2, 0) is 6.42 Å². The molecule has 0 fully saturated rings. The number of aromatic nitrogens is 2. The third kappa shape index (κ3) is 3.18. The Labute approximate surface area is 71.3 Å². The topological polar surface area (TPSA) is 45.8 Å². The molecule has 0 saturated carbocycles. The zero-order chi connectivity index (χ0) is 7.40. The molecule has 0 unspecified atom stereocenters. The Balaban J connectivity index is 0.000001000. The van der Waals surface area contributed by atoms with Gasteiger partial charge in [-0.25, -0.2) is 9.78 Å². The van der Waals surface area contributed by atoms with Crippen LogP contribution in [0, 0.1) is 0 Å². The lowest BCUT2D eigenvalue weighted by molar-refractivity contribution is 0.891. The molecule has 4 heteroatoms. The molecule has 0 aliphatic rings. The Morgan fingerprint density at radius 2 is 2.36 bits per heavy atom. The number of H-pyrrole nitrogens is 1. The molecule has 1 rings (SSSR count). The van der Waals surface area contributed by atoms with E-state index < -0.39 is 0 Å². The molecule has 3 nitrogen and oxygen atoms in total. The molecule has 0 amide bonds. The van der Waals surface area contributed by atoms with Crippen molar-refractivity contribution in [2.75, 3.05) is 0 Å². The fourth-order valence-electron chi connectivity index (χ4n) is 0.796. The Morgan fingerprint density at radius 3 is 2.82 bits per heavy atom. The van der Waals surface area contributed by atoms with E-state index in [-0.39, 0.29) is 18.1 Å². The number of hydrogen-bond acceptors (Lipinski definition) is 2. The van der Waals surface area contributed by atoms with E-state index in [9.17, 15) is 4.79 Å². The molecule has 0 saturated heterocycles. The second-order valence-corrected chi connectivity index (χ2v) is 2.18. The molecule has 62 valence electrons. The molecular formula is C7H11ClN2O. The van der Waals surface area contributed by atoms with Crippen LogP contribution in [0.2, 0.25) is 0 Å². The first kappa shape index (κ1) is 10.2. The van der Waals surface area contributed by atoms with Crippen molar-refractivity contribution in [3.8, 4) is 0 Å². The van der Waals surface area contributed by atoms with E-state index >= 15 is 0 Å². The van der Waals surface area contributed by atoms with Crippen LogP contribution in [0.5, 0.6) is 0 Å². The van der Waals surface area contributed by atoms with Gasteiger partial charge in [-0.3, -0.25) is 0 Å². The van der Waals surface area contributed by atoms with Crippen molar-refractivity contribution in [2.24, 2.45) is 0 Å². The van der Waals surface area contributed by atoms with Crippen LogP contribution in [0.4, 0.5) is 0 Å². The van der Waals surface area contributed by atoms with Crippen LogP contribution in [0.1, 0.15) is 18.9 Å². The van der Waals surface area contributed by atoms with Crippen LogP contribution < -0.4 is 5.69 Å². The predicted octanol–water partition coefficient (Wildman–Crippen LogP) is 1.14. The molecule has 1 aromatic rings. The lowest BCUT2D eigenvalue weighted by Gasteiger charge is -1.92. The van der Waals surface area contributed by atoms with Crippen molar-refractivity contribution in [2.45, 2.75) is 19.8 Å². The summed E-state index contributed by atoms with van der Waals surface area (Å²) in [5.74, 6) is 0. The third-order valence-electron chi connectivity index (χ3n) is 1.27. The summed E-state index contributed by atoms with van der Waals surface area (Å²) in [5.41, 5.74) is 0.807. The average molecular weight is 175 g/mol. The van der Waals surface area contributed by atoms with Gasteiger partial charge in [0.2, 0.25) is 0 Å². The van der Waals surface area contributed by atoms with Gasteiger partial charge in [0.05, 0.1) is 0 Å². The lowest BCUT2D eigenvalue weighted by atomic mass is 10.2. The van der Waals surface area contributed by atoms with Gasteiger partial charge in [-0.2, -0.15) is 0 Å². The first-order valence-electron chi connectivity index (χ1n) is 3.36. The zero-order valence-corrected chi connectivity index (χ0v) is 7.15. The molecule has 0 spiro atoms. The minimum absolute atomic E-state index is 0. The van der Waals surface area contributed by atoms with Crippen molar-refractivity contribution in [1.82, 2.24) is 9.97 Å². The van der Waals surface area contributed by atoms with Crippen LogP contribution in [0.25, 0.3) is 0 Å². The molecule has 0 radical (unpaired) electrons. The summed E-state index contributed by atoms with van der Waals surface area (Å²) in [6.07, 6.45) is 5.37. The SMILES string of the molecule is CCCc1cnc(=O)[nH]c1.Cl. The van der Waals surface area contributed by atoms with Crippen molar-refractivity contribution in [3.05, 3.63) is 28.4 Å². The summed E-state index contributed by atoms with van der Waals surface area (Å²) in [6, 6.07) is 0. The second-order valence-electron chi connectivity index (χ2n) is 2.18. The minimum Gasteiger partial charge on any atom is -0.312 e. The van der Waals surface area contributed by atoms with Crippen molar-refractivity contribution in [3.63, 3.8) is 0 Å². The third-order valence-corrected chi connectivity index (χ3v) is 1.27. The number of rotatable bonds is 2. The van der Waals surface area contributed by atoms with E-state index in [2.05, 4.69) is 16.9 Å². The first-order valence-corrected chi connectivity index (χ1v) is 3.36. The van der Waals surface area contributed by atoms with Gasteiger partial charge in [-0.05, 0) is 12.0 Å². The fourth-order valence-corrected chi connectivity index (χ4v) is 0.796. The summed E-state index contributed by atoms with van der Waals surface area (Å²) in [6.45, 7) is 2.09. The van der Waals surface area contributed by atoms with Gasteiger partial charge in [0, 0.05) is 12.4 Å². The molecule has 0 bridgehead atoms. The number of aryl methyl sites for hydroxylation is 1. The fraction of sp³-hybridized carbons (Fsp3) is 0.429. The Kier molecular flexibility index (Phi) is 4.54. The van der Waals surface area contributed by atoms with E-state index in [0.717, 1.165) is 18.4 Å². The number of halogens is 1. The zero-order valence-electron chi connectivity index (χ0n) is 6.33. The summed E-state index contributed by atoms with van der Waals surface area (Å²) in [7, 11) is 0. The van der Waals surface area contributed by atoms with Crippen LogP contribution in [0.15, 0.2) is 17.2 Å². The highest BCUT2D eigenvalue weighted by atomic mass is 35.5. The quantitative estimate of drug-likeness (QED) is 0.731. The molecule has 1 heterocycles. The Morgan fingerprint density at radius 1 is 1.64 bits per heavy atom. The minimum atomic E-state index is -0.278. The normalized spacial score (nSPS) is 8.82. The Bertz CT molecular complexity index is 238. The van der Waals surface area contributed by atoms with E-state index in [1.807, 2.05) is 0 Å². The highest BCUT2D eigenvalue weighted by Gasteiger charge is 1.89. The molecule has 1 N–H and O–H groups in total. The van der Waals surface area contributed by atoms with Crippen LogP contribution in [-0.4, -0.2) is 9.97 Å². The molecule has 0 aliphatic heterocycles. The van der Waals surface area contributed by atoms with Gasteiger partial charge in [-0.15, -0.1) is 12.4 Å². The van der Waals surface area contributed by atoms with Gasteiger partial charge in [0.15, 0.2) is 0 Å².